The molecule has 4 aromatic carbocycles. The van der Waals surface area contributed by atoms with Crippen molar-refractivity contribution in [3.05, 3.63) is 94.0 Å². The molecule has 0 radical (unpaired) electrons. The summed E-state index contributed by atoms with van der Waals surface area (Å²) in [5, 5.41) is 5.51. The van der Waals surface area contributed by atoms with Gasteiger partial charge in [-0.05, 0) is 69.6 Å². The van der Waals surface area contributed by atoms with Crippen LogP contribution in [0.15, 0.2) is 77.3 Å². The molecule has 0 N–H and O–H groups in total. The lowest BCUT2D eigenvalue weighted by molar-refractivity contribution is 0.620. The van der Waals surface area contributed by atoms with Crippen LogP contribution in [0.25, 0.3) is 21.5 Å². The van der Waals surface area contributed by atoms with Gasteiger partial charge in [0.15, 0.2) is 0 Å². The summed E-state index contributed by atoms with van der Waals surface area (Å²) < 4.78 is 1.15. The zero-order valence-electron chi connectivity index (χ0n) is 14.0. The van der Waals surface area contributed by atoms with Crippen LogP contribution in [0.1, 0.15) is 35.4 Å². The van der Waals surface area contributed by atoms with Gasteiger partial charge in [0.1, 0.15) is 0 Å². The summed E-state index contributed by atoms with van der Waals surface area (Å²) in [6.07, 6.45) is 3.71. The van der Waals surface area contributed by atoms with Crippen molar-refractivity contribution in [1.82, 2.24) is 0 Å². The van der Waals surface area contributed by atoms with E-state index in [4.69, 9.17) is 0 Å². The second kappa shape index (κ2) is 6.00. The first-order chi connectivity index (χ1) is 12.3. The number of halogens is 1. The standard InChI is InChI=1S/C24H19Br/c25-19-12-8-17(9-13-19)21-7-3-5-18-11-14-22-20-6-2-1-4-16(20)10-15-23(22)24(18)21/h1-2,4,6,8-15,21H,3,5,7H2. The van der Waals surface area contributed by atoms with E-state index in [1.807, 2.05) is 0 Å². The average molecular weight is 387 g/mol. The van der Waals surface area contributed by atoms with E-state index < -0.39 is 0 Å². The van der Waals surface area contributed by atoms with Gasteiger partial charge in [0.2, 0.25) is 0 Å². The van der Waals surface area contributed by atoms with Crippen molar-refractivity contribution in [2.45, 2.75) is 25.2 Å². The number of fused-ring (bicyclic) bond motifs is 5. The molecule has 0 fully saturated rings. The van der Waals surface area contributed by atoms with Gasteiger partial charge in [0.05, 0.1) is 0 Å². The molecule has 0 heterocycles. The molecule has 0 nitrogen and oxygen atoms in total. The maximum atomic E-state index is 3.57. The third kappa shape index (κ3) is 2.49. The lowest BCUT2D eigenvalue weighted by Gasteiger charge is -2.28. The molecule has 0 saturated carbocycles. The molecule has 0 spiro atoms. The Morgan fingerprint density at radius 3 is 2.40 bits per heavy atom. The molecule has 0 aliphatic heterocycles. The molecular formula is C24H19Br. The van der Waals surface area contributed by atoms with E-state index in [-0.39, 0.29) is 0 Å². The number of hydrogen-bond donors (Lipinski definition) is 0. The molecule has 0 saturated heterocycles. The zero-order valence-corrected chi connectivity index (χ0v) is 15.6. The van der Waals surface area contributed by atoms with E-state index in [9.17, 15) is 0 Å². The minimum atomic E-state index is 0.502. The van der Waals surface area contributed by atoms with Crippen LogP contribution in [0.2, 0.25) is 0 Å². The quantitative estimate of drug-likeness (QED) is 0.302. The normalized spacial score (nSPS) is 16.9. The Labute approximate surface area is 156 Å². The maximum Gasteiger partial charge on any atom is 0.0175 e. The molecule has 1 aliphatic rings. The summed E-state index contributed by atoms with van der Waals surface area (Å²) >= 11 is 3.57. The summed E-state index contributed by atoms with van der Waals surface area (Å²) in [5.41, 5.74) is 4.52. The Hall–Kier alpha value is -2.12. The number of hydrogen-bond acceptors (Lipinski definition) is 0. The fraction of sp³-hybridized carbons (Fsp3) is 0.167. The van der Waals surface area contributed by atoms with Crippen LogP contribution in [-0.2, 0) is 6.42 Å². The van der Waals surface area contributed by atoms with Gasteiger partial charge in [0, 0.05) is 10.4 Å². The second-order valence-electron chi connectivity index (χ2n) is 7.02. The Morgan fingerprint density at radius 2 is 1.52 bits per heavy atom. The van der Waals surface area contributed by atoms with E-state index in [1.165, 1.54) is 51.9 Å². The Bertz CT molecular complexity index is 1080. The maximum absolute atomic E-state index is 3.57. The molecule has 25 heavy (non-hydrogen) atoms. The molecule has 0 bridgehead atoms. The van der Waals surface area contributed by atoms with Gasteiger partial charge in [-0.15, -0.1) is 0 Å². The van der Waals surface area contributed by atoms with Crippen LogP contribution >= 0.6 is 15.9 Å². The van der Waals surface area contributed by atoms with Crippen molar-refractivity contribution in [3.8, 4) is 0 Å². The van der Waals surface area contributed by atoms with Gasteiger partial charge < -0.3 is 0 Å². The fourth-order valence-corrected chi connectivity index (χ4v) is 4.72. The monoisotopic (exact) mass is 386 g/mol. The minimum absolute atomic E-state index is 0.502. The van der Waals surface area contributed by atoms with Gasteiger partial charge in [0.25, 0.3) is 0 Å². The predicted octanol–water partition coefficient (Wildman–Crippen LogP) is 7.22. The summed E-state index contributed by atoms with van der Waals surface area (Å²) in [6, 6.07) is 27.0. The van der Waals surface area contributed by atoms with E-state index in [1.54, 1.807) is 5.56 Å². The highest BCUT2D eigenvalue weighted by Crippen LogP contribution is 2.42. The van der Waals surface area contributed by atoms with Crippen molar-refractivity contribution in [1.29, 1.82) is 0 Å². The first-order valence-corrected chi connectivity index (χ1v) is 9.79. The minimum Gasteiger partial charge on any atom is -0.0616 e. The van der Waals surface area contributed by atoms with Crippen LogP contribution in [0.3, 0.4) is 0 Å². The molecular weight excluding hydrogens is 368 g/mol. The van der Waals surface area contributed by atoms with Crippen LogP contribution in [0, 0.1) is 0 Å². The molecule has 122 valence electrons. The molecule has 1 aliphatic carbocycles. The van der Waals surface area contributed by atoms with Crippen LogP contribution in [-0.4, -0.2) is 0 Å². The molecule has 1 heteroatoms. The van der Waals surface area contributed by atoms with Gasteiger partial charge >= 0.3 is 0 Å². The summed E-state index contributed by atoms with van der Waals surface area (Å²) in [5.74, 6) is 0.502. The summed E-state index contributed by atoms with van der Waals surface area (Å²) in [4.78, 5) is 0. The van der Waals surface area contributed by atoms with Crippen molar-refractivity contribution >= 4 is 37.5 Å². The van der Waals surface area contributed by atoms with Gasteiger partial charge in [-0.2, -0.15) is 0 Å². The van der Waals surface area contributed by atoms with Crippen molar-refractivity contribution in [2.75, 3.05) is 0 Å². The van der Waals surface area contributed by atoms with Crippen molar-refractivity contribution in [2.24, 2.45) is 0 Å². The third-order valence-corrected chi connectivity index (χ3v) is 6.15. The SMILES string of the molecule is Brc1ccc(C2CCCc3ccc4c(ccc5ccccc54)c32)cc1. The van der Waals surface area contributed by atoms with Crippen molar-refractivity contribution in [3.63, 3.8) is 0 Å². The Kier molecular flexibility index (Phi) is 3.64. The van der Waals surface area contributed by atoms with E-state index in [0.29, 0.717) is 5.92 Å². The van der Waals surface area contributed by atoms with E-state index in [2.05, 4.69) is 88.7 Å². The van der Waals surface area contributed by atoms with Crippen LogP contribution in [0.4, 0.5) is 0 Å². The average Bonchev–Trinajstić information content (AvgIpc) is 2.67. The number of benzene rings is 4. The van der Waals surface area contributed by atoms with Gasteiger partial charge in [-0.25, -0.2) is 0 Å². The van der Waals surface area contributed by atoms with Crippen LogP contribution < -0.4 is 0 Å². The topological polar surface area (TPSA) is 0 Å². The Morgan fingerprint density at radius 1 is 0.720 bits per heavy atom. The predicted molar refractivity (Wildman–Crippen MR) is 110 cm³/mol. The fourth-order valence-electron chi connectivity index (χ4n) is 4.46. The largest absolute Gasteiger partial charge is 0.0616 e. The zero-order chi connectivity index (χ0) is 16.8. The van der Waals surface area contributed by atoms with Gasteiger partial charge in [-0.3, -0.25) is 0 Å². The molecule has 5 rings (SSSR count). The lowest BCUT2D eigenvalue weighted by atomic mass is 9.76. The smallest absolute Gasteiger partial charge is 0.0175 e. The second-order valence-corrected chi connectivity index (χ2v) is 7.93. The lowest BCUT2D eigenvalue weighted by Crippen LogP contribution is -2.11. The third-order valence-electron chi connectivity index (χ3n) is 5.62. The molecule has 1 unspecified atom stereocenters. The number of rotatable bonds is 1. The first-order valence-electron chi connectivity index (χ1n) is 9.00. The highest BCUT2D eigenvalue weighted by atomic mass is 79.9. The number of aryl methyl sites for hydroxylation is 1. The molecule has 0 amide bonds. The van der Waals surface area contributed by atoms with E-state index >= 15 is 0 Å². The summed E-state index contributed by atoms with van der Waals surface area (Å²) in [7, 11) is 0. The van der Waals surface area contributed by atoms with Crippen LogP contribution in [0.5, 0.6) is 0 Å². The molecule has 4 aromatic rings. The summed E-state index contributed by atoms with van der Waals surface area (Å²) in [6.45, 7) is 0. The Balaban J connectivity index is 1.80. The first kappa shape index (κ1) is 15.2. The van der Waals surface area contributed by atoms with Crippen molar-refractivity contribution < 1.29 is 0 Å². The van der Waals surface area contributed by atoms with E-state index in [0.717, 1.165) is 4.47 Å². The molecule has 0 aromatic heterocycles. The van der Waals surface area contributed by atoms with Gasteiger partial charge in [-0.1, -0.05) is 76.6 Å². The highest BCUT2D eigenvalue weighted by Gasteiger charge is 2.24. The highest BCUT2D eigenvalue weighted by molar-refractivity contribution is 9.10. The molecule has 1 atom stereocenters.